The Morgan fingerprint density at radius 3 is 2.57 bits per heavy atom. The number of fused-ring (bicyclic) bond motifs is 1. The van der Waals surface area contributed by atoms with Crippen LogP contribution >= 0.6 is 0 Å². The van der Waals surface area contributed by atoms with Crippen LogP contribution in [-0.4, -0.2) is 49.6 Å². The summed E-state index contributed by atoms with van der Waals surface area (Å²) in [7, 11) is 0. The van der Waals surface area contributed by atoms with Gasteiger partial charge in [0.15, 0.2) is 0 Å². The molecule has 114 valence electrons. The van der Waals surface area contributed by atoms with Crippen molar-refractivity contribution >= 4 is 11.6 Å². The zero-order valence-corrected chi connectivity index (χ0v) is 11.4. The lowest BCUT2D eigenvalue weighted by atomic mass is 10.1. The number of benzene rings is 1. The maximum Gasteiger partial charge on any atom is 0.416 e. The second-order valence-electron chi connectivity index (χ2n) is 5.38. The van der Waals surface area contributed by atoms with E-state index in [4.69, 9.17) is 0 Å². The molecule has 2 heterocycles. The second kappa shape index (κ2) is 5.31. The van der Waals surface area contributed by atoms with Crippen LogP contribution in [0.25, 0.3) is 0 Å². The Labute approximate surface area is 120 Å². The first-order valence-electron chi connectivity index (χ1n) is 6.87. The highest BCUT2D eigenvalue weighted by Crippen LogP contribution is 2.31. The van der Waals surface area contributed by atoms with Crippen molar-refractivity contribution in [3.8, 4) is 0 Å². The molecule has 0 aliphatic carbocycles. The lowest BCUT2D eigenvalue weighted by molar-refractivity contribution is -0.137. The number of carbonyl (C=O) groups is 1. The Balaban J connectivity index is 1.78. The highest BCUT2D eigenvalue weighted by atomic mass is 19.4. The Bertz CT molecular complexity index is 529. The lowest BCUT2D eigenvalue weighted by Gasteiger charge is -2.43. The van der Waals surface area contributed by atoms with Gasteiger partial charge in [-0.15, -0.1) is 0 Å². The Morgan fingerprint density at radius 1 is 1.19 bits per heavy atom. The van der Waals surface area contributed by atoms with Crippen molar-refractivity contribution in [2.24, 2.45) is 0 Å². The van der Waals surface area contributed by atoms with E-state index in [-0.39, 0.29) is 11.9 Å². The number of nitrogens with one attached hydrogen (secondary N) is 1. The van der Waals surface area contributed by atoms with E-state index in [1.807, 2.05) is 0 Å². The van der Waals surface area contributed by atoms with E-state index in [2.05, 4.69) is 10.2 Å². The van der Waals surface area contributed by atoms with Crippen LogP contribution < -0.4 is 10.2 Å². The summed E-state index contributed by atoms with van der Waals surface area (Å²) in [4.78, 5) is 15.9. The van der Waals surface area contributed by atoms with E-state index in [9.17, 15) is 18.0 Å². The number of carbonyl (C=O) groups excluding carboxylic acids is 1. The molecule has 2 fully saturated rings. The van der Waals surface area contributed by atoms with E-state index in [0.717, 1.165) is 31.8 Å². The number of hydrogen-bond acceptors (Lipinski definition) is 3. The first-order valence-corrected chi connectivity index (χ1v) is 6.87. The van der Waals surface area contributed by atoms with Gasteiger partial charge in [-0.1, -0.05) is 0 Å². The normalized spacial score (nSPS) is 24.0. The number of halogens is 3. The summed E-state index contributed by atoms with van der Waals surface area (Å²) in [5.74, 6) is -0.0621. The lowest BCUT2D eigenvalue weighted by Crippen LogP contribution is -2.63. The molecule has 0 bridgehead atoms. The molecule has 7 heteroatoms. The molecule has 2 aliphatic heterocycles. The van der Waals surface area contributed by atoms with Crippen LogP contribution in [0.3, 0.4) is 0 Å². The van der Waals surface area contributed by atoms with Gasteiger partial charge in [-0.2, -0.15) is 13.2 Å². The Morgan fingerprint density at radius 2 is 1.90 bits per heavy atom. The Kier molecular flexibility index (Phi) is 3.62. The van der Waals surface area contributed by atoms with E-state index >= 15 is 0 Å². The third-order valence-corrected chi connectivity index (χ3v) is 4.01. The number of amides is 1. The fraction of sp³-hybridized carbons (Fsp3) is 0.500. The minimum Gasteiger partial charge on any atom is -0.314 e. The maximum absolute atomic E-state index is 12.6. The smallest absolute Gasteiger partial charge is 0.314 e. The number of hydrogen-bond donors (Lipinski definition) is 1. The fourth-order valence-corrected chi connectivity index (χ4v) is 2.84. The summed E-state index contributed by atoms with van der Waals surface area (Å²) >= 11 is 0. The summed E-state index contributed by atoms with van der Waals surface area (Å²) in [5, 5.41) is 3.27. The molecule has 1 aromatic carbocycles. The molecule has 4 nitrogen and oxygen atoms in total. The van der Waals surface area contributed by atoms with Gasteiger partial charge in [-0.05, 0) is 24.3 Å². The molecule has 1 N–H and O–H groups in total. The van der Waals surface area contributed by atoms with Crippen LogP contribution in [-0.2, 0) is 11.0 Å². The van der Waals surface area contributed by atoms with Crippen molar-refractivity contribution < 1.29 is 18.0 Å². The van der Waals surface area contributed by atoms with Gasteiger partial charge in [0.1, 0.15) is 0 Å². The van der Waals surface area contributed by atoms with Crippen molar-refractivity contribution in [3.63, 3.8) is 0 Å². The predicted octanol–water partition coefficient (Wildman–Crippen LogP) is 1.33. The number of anilines is 1. The van der Waals surface area contributed by atoms with E-state index in [1.54, 1.807) is 4.90 Å². The highest BCUT2D eigenvalue weighted by molar-refractivity contribution is 5.95. The highest BCUT2D eigenvalue weighted by Gasteiger charge is 2.35. The summed E-state index contributed by atoms with van der Waals surface area (Å²) in [6.07, 6.45) is -4.35. The molecule has 21 heavy (non-hydrogen) atoms. The van der Waals surface area contributed by atoms with Crippen molar-refractivity contribution in [2.75, 3.05) is 37.6 Å². The first kappa shape index (κ1) is 14.3. The predicted molar refractivity (Wildman–Crippen MR) is 72.0 cm³/mol. The number of nitrogens with zero attached hydrogens (tertiary/aromatic N) is 2. The van der Waals surface area contributed by atoms with Crippen LogP contribution in [0.2, 0.25) is 0 Å². The van der Waals surface area contributed by atoms with E-state index < -0.39 is 11.7 Å². The fourth-order valence-electron chi connectivity index (χ4n) is 2.84. The second-order valence-corrected chi connectivity index (χ2v) is 5.38. The molecule has 2 aliphatic rings. The molecule has 2 saturated heterocycles. The average molecular weight is 299 g/mol. The van der Waals surface area contributed by atoms with Crippen molar-refractivity contribution in [2.45, 2.75) is 12.2 Å². The molecule has 3 rings (SSSR count). The largest absolute Gasteiger partial charge is 0.416 e. The van der Waals surface area contributed by atoms with Crippen LogP contribution in [0.4, 0.5) is 18.9 Å². The van der Waals surface area contributed by atoms with E-state index in [0.29, 0.717) is 18.8 Å². The molecule has 0 aromatic heterocycles. The molecular weight excluding hydrogens is 283 g/mol. The Hall–Kier alpha value is -1.60. The number of piperazine rings is 2. The van der Waals surface area contributed by atoms with Crippen LogP contribution in [0, 0.1) is 0 Å². The minimum absolute atomic E-state index is 0.0621. The zero-order chi connectivity index (χ0) is 15.0. The van der Waals surface area contributed by atoms with Gasteiger partial charge >= 0.3 is 6.18 Å². The van der Waals surface area contributed by atoms with E-state index in [1.165, 1.54) is 12.1 Å². The van der Waals surface area contributed by atoms with Gasteiger partial charge in [0, 0.05) is 37.9 Å². The van der Waals surface area contributed by atoms with Crippen molar-refractivity contribution in [3.05, 3.63) is 29.8 Å². The quantitative estimate of drug-likeness (QED) is 0.850. The van der Waals surface area contributed by atoms with Crippen LogP contribution in [0.5, 0.6) is 0 Å². The number of alkyl halides is 3. The zero-order valence-electron chi connectivity index (χ0n) is 11.4. The topological polar surface area (TPSA) is 35.6 Å². The first-order chi connectivity index (χ1) is 9.95. The number of rotatable bonds is 1. The summed E-state index contributed by atoms with van der Waals surface area (Å²) in [5.41, 5.74) is -0.171. The standard InChI is InChI=1S/C14H16F3N3O/c15-14(16,17)10-1-3-11(4-2-10)20-8-12-7-18-5-6-19(12)9-13(20)21/h1-4,12,18H,5-9H2. The van der Waals surface area contributed by atoms with Gasteiger partial charge in [-0.25, -0.2) is 0 Å². The summed E-state index contributed by atoms with van der Waals surface area (Å²) in [6.45, 7) is 3.33. The summed E-state index contributed by atoms with van der Waals surface area (Å²) < 4.78 is 37.7. The minimum atomic E-state index is -4.35. The SMILES string of the molecule is O=C1CN2CCNCC2CN1c1ccc(C(F)(F)F)cc1. The third kappa shape index (κ3) is 2.89. The van der Waals surface area contributed by atoms with Crippen molar-refractivity contribution in [1.82, 2.24) is 10.2 Å². The maximum atomic E-state index is 12.6. The molecule has 0 radical (unpaired) electrons. The average Bonchev–Trinajstić information content (AvgIpc) is 2.46. The van der Waals surface area contributed by atoms with Crippen LogP contribution in [0.1, 0.15) is 5.56 Å². The molecule has 0 saturated carbocycles. The van der Waals surface area contributed by atoms with Gasteiger partial charge in [0.2, 0.25) is 5.91 Å². The molecule has 1 unspecified atom stereocenters. The van der Waals surface area contributed by atoms with Gasteiger partial charge in [0.05, 0.1) is 12.1 Å². The molecule has 1 amide bonds. The monoisotopic (exact) mass is 299 g/mol. The molecule has 1 aromatic rings. The molecular formula is C14H16F3N3O. The third-order valence-electron chi connectivity index (χ3n) is 4.01. The van der Waals surface area contributed by atoms with Crippen LogP contribution in [0.15, 0.2) is 24.3 Å². The molecule has 0 spiro atoms. The van der Waals surface area contributed by atoms with Crippen molar-refractivity contribution in [1.29, 1.82) is 0 Å². The summed E-state index contributed by atoms with van der Waals surface area (Å²) in [6, 6.07) is 5.00. The van der Waals surface area contributed by atoms with Gasteiger partial charge < -0.3 is 10.2 Å². The van der Waals surface area contributed by atoms with Gasteiger partial charge in [-0.3, -0.25) is 9.69 Å². The van der Waals surface area contributed by atoms with Gasteiger partial charge in [0.25, 0.3) is 0 Å². The molecule has 1 atom stereocenters.